The van der Waals surface area contributed by atoms with E-state index in [1.54, 1.807) is 10.8 Å². The summed E-state index contributed by atoms with van der Waals surface area (Å²) in [5.41, 5.74) is 1.77. The predicted octanol–water partition coefficient (Wildman–Crippen LogP) is 3.52. The molecule has 3 rings (SSSR count). The van der Waals surface area contributed by atoms with Crippen molar-refractivity contribution in [2.24, 2.45) is 0 Å². The van der Waals surface area contributed by atoms with Crippen molar-refractivity contribution < 1.29 is 4.79 Å². The molecule has 0 N–H and O–H groups in total. The molecular formula is C16H12N2O. The van der Waals surface area contributed by atoms with Crippen molar-refractivity contribution in [1.82, 2.24) is 4.57 Å². The van der Waals surface area contributed by atoms with E-state index in [-0.39, 0.29) is 5.91 Å². The fourth-order valence-corrected chi connectivity index (χ4v) is 2.47. The van der Waals surface area contributed by atoms with E-state index in [0.717, 1.165) is 27.2 Å². The van der Waals surface area contributed by atoms with Crippen LogP contribution in [0.15, 0.2) is 42.6 Å². The van der Waals surface area contributed by atoms with Gasteiger partial charge in [0.05, 0.1) is 18.0 Å². The van der Waals surface area contributed by atoms with Gasteiger partial charge in [-0.15, -0.1) is 0 Å². The largest absolute Gasteiger partial charge is 0.287 e. The molecule has 92 valence electrons. The molecule has 3 nitrogen and oxygen atoms in total. The summed E-state index contributed by atoms with van der Waals surface area (Å²) in [4.78, 5) is 11.7. The summed E-state index contributed by atoms with van der Waals surface area (Å²) in [6.45, 7) is 1.53. The van der Waals surface area contributed by atoms with Gasteiger partial charge in [-0.25, -0.2) is 0 Å². The first-order chi connectivity index (χ1) is 9.20. The number of carbonyl (C=O) groups is 1. The van der Waals surface area contributed by atoms with E-state index >= 15 is 0 Å². The van der Waals surface area contributed by atoms with Gasteiger partial charge in [-0.05, 0) is 28.5 Å². The molecule has 0 aliphatic heterocycles. The molecule has 1 heterocycles. The molecule has 0 radical (unpaired) electrons. The van der Waals surface area contributed by atoms with Crippen LogP contribution in [0.3, 0.4) is 0 Å². The topological polar surface area (TPSA) is 45.8 Å². The average Bonchev–Trinajstić information content (AvgIpc) is 2.75. The zero-order chi connectivity index (χ0) is 13.4. The Morgan fingerprint density at radius 1 is 1.26 bits per heavy atom. The highest BCUT2D eigenvalue weighted by molar-refractivity contribution is 6.02. The van der Waals surface area contributed by atoms with Crippen molar-refractivity contribution in [3.63, 3.8) is 0 Å². The number of fused-ring (bicyclic) bond motifs is 2. The SMILES string of the molecule is CC(=O)n1cc(CC#N)c2cc3ccccc3cc21. The Morgan fingerprint density at radius 2 is 1.95 bits per heavy atom. The van der Waals surface area contributed by atoms with Gasteiger partial charge in [-0.2, -0.15) is 5.26 Å². The van der Waals surface area contributed by atoms with Crippen LogP contribution in [0.4, 0.5) is 0 Å². The Morgan fingerprint density at radius 3 is 2.58 bits per heavy atom. The van der Waals surface area contributed by atoms with Crippen molar-refractivity contribution in [3.05, 3.63) is 48.2 Å². The minimum absolute atomic E-state index is 0.0375. The molecule has 0 amide bonds. The van der Waals surface area contributed by atoms with Crippen molar-refractivity contribution in [1.29, 1.82) is 5.26 Å². The highest BCUT2D eigenvalue weighted by Crippen LogP contribution is 2.27. The number of hydrogen-bond donors (Lipinski definition) is 0. The van der Waals surface area contributed by atoms with E-state index in [1.165, 1.54) is 6.92 Å². The number of hydrogen-bond acceptors (Lipinski definition) is 2. The second-order valence-corrected chi connectivity index (χ2v) is 4.59. The molecule has 1 aromatic heterocycles. The molecule has 0 aliphatic rings. The molecule has 0 aliphatic carbocycles. The molecule has 0 unspecified atom stereocenters. The lowest BCUT2D eigenvalue weighted by Crippen LogP contribution is -2.02. The van der Waals surface area contributed by atoms with E-state index in [0.29, 0.717) is 6.42 Å². The first kappa shape index (κ1) is 11.5. The Hall–Kier alpha value is -2.60. The standard InChI is InChI=1S/C16H12N2O/c1-11(19)18-10-14(6-7-17)15-8-12-4-2-3-5-13(12)9-16(15)18/h2-5,8-10H,6H2,1H3. The summed E-state index contributed by atoms with van der Waals surface area (Å²) in [6.07, 6.45) is 2.09. The average molecular weight is 248 g/mol. The number of carbonyl (C=O) groups excluding carboxylic acids is 1. The van der Waals surface area contributed by atoms with Crippen LogP contribution in [-0.4, -0.2) is 10.5 Å². The molecule has 0 saturated heterocycles. The molecule has 0 bridgehead atoms. The normalized spacial score (nSPS) is 10.7. The lowest BCUT2D eigenvalue weighted by Gasteiger charge is -2.02. The molecule has 0 spiro atoms. The number of nitriles is 1. The molecule has 0 atom stereocenters. The Balaban J connectivity index is 2.43. The molecule has 0 fully saturated rings. The third kappa shape index (κ3) is 1.78. The maximum absolute atomic E-state index is 11.7. The van der Waals surface area contributed by atoms with Gasteiger partial charge in [0, 0.05) is 18.5 Å². The summed E-state index contributed by atoms with van der Waals surface area (Å²) in [7, 11) is 0. The zero-order valence-electron chi connectivity index (χ0n) is 10.6. The number of nitrogens with zero attached hydrogens (tertiary/aromatic N) is 2. The highest BCUT2D eigenvalue weighted by atomic mass is 16.1. The minimum Gasteiger partial charge on any atom is -0.287 e. The molecule has 0 saturated carbocycles. The highest BCUT2D eigenvalue weighted by Gasteiger charge is 2.11. The number of aromatic nitrogens is 1. The van der Waals surface area contributed by atoms with Gasteiger partial charge in [0.25, 0.3) is 0 Å². The first-order valence-electron chi connectivity index (χ1n) is 6.11. The third-order valence-electron chi connectivity index (χ3n) is 3.36. The van der Waals surface area contributed by atoms with Crippen molar-refractivity contribution >= 4 is 27.6 Å². The van der Waals surface area contributed by atoms with Crippen molar-refractivity contribution in [3.8, 4) is 6.07 Å². The molecule has 19 heavy (non-hydrogen) atoms. The number of rotatable bonds is 1. The Labute approximate surface area is 110 Å². The smallest absolute Gasteiger partial charge is 0.227 e. The van der Waals surface area contributed by atoms with Crippen LogP contribution in [0.5, 0.6) is 0 Å². The zero-order valence-corrected chi connectivity index (χ0v) is 10.6. The monoisotopic (exact) mass is 248 g/mol. The van der Waals surface area contributed by atoms with Crippen LogP contribution in [0.1, 0.15) is 17.3 Å². The molecular weight excluding hydrogens is 236 g/mol. The summed E-state index contributed by atoms with van der Waals surface area (Å²) in [5, 5.41) is 12.1. The van der Waals surface area contributed by atoms with E-state index in [1.807, 2.05) is 30.3 Å². The van der Waals surface area contributed by atoms with Crippen LogP contribution in [0.25, 0.3) is 21.7 Å². The van der Waals surface area contributed by atoms with Crippen LogP contribution in [0.2, 0.25) is 0 Å². The van der Waals surface area contributed by atoms with E-state index in [9.17, 15) is 4.79 Å². The molecule has 2 aromatic carbocycles. The third-order valence-corrected chi connectivity index (χ3v) is 3.36. The van der Waals surface area contributed by atoms with Gasteiger partial charge in [0.2, 0.25) is 5.91 Å². The molecule has 3 aromatic rings. The lowest BCUT2D eigenvalue weighted by molar-refractivity contribution is 0.0941. The molecule has 3 heteroatoms. The van der Waals surface area contributed by atoms with Crippen LogP contribution in [0, 0.1) is 11.3 Å². The van der Waals surface area contributed by atoms with Gasteiger partial charge in [0.1, 0.15) is 0 Å². The van der Waals surface area contributed by atoms with E-state index in [2.05, 4.69) is 12.1 Å². The van der Waals surface area contributed by atoms with Crippen molar-refractivity contribution in [2.45, 2.75) is 13.3 Å². The predicted molar refractivity (Wildman–Crippen MR) is 75.1 cm³/mol. The lowest BCUT2D eigenvalue weighted by atomic mass is 10.1. The minimum atomic E-state index is -0.0375. The first-order valence-corrected chi connectivity index (χ1v) is 6.11. The fourth-order valence-electron chi connectivity index (χ4n) is 2.47. The second-order valence-electron chi connectivity index (χ2n) is 4.59. The van der Waals surface area contributed by atoms with E-state index < -0.39 is 0 Å². The fraction of sp³-hybridized carbons (Fsp3) is 0.125. The summed E-state index contributed by atoms with van der Waals surface area (Å²) in [5.74, 6) is -0.0375. The van der Waals surface area contributed by atoms with Gasteiger partial charge in [-0.1, -0.05) is 24.3 Å². The number of benzene rings is 2. The summed E-state index contributed by atoms with van der Waals surface area (Å²) in [6, 6.07) is 14.2. The Kier molecular flexibility index (Phi) is 2.57. The van der Waals surface area contributed by atoms with Gasteiger partial charge < -0.3 is 0 Å². The summed E-state index contributed by atoms with van der Waals surface area (Å²) < 4.78 is 1.62. The summed E-state index contributed by atoms with van der Waals surface area (Å²) >= 11 is 0. The maximum Gasteiger partial charge on any atom is 0.227 e. The van der Waals surface area contributed by atoms with Gasteiger partial charge in [0.15, 0.2) is 0 Å². The van der Waals surface area contributed by atoms with E-state index in [4.69, 9.17) is 5.26 Å². The van der Waals surface area contributed by atoms with Crippen molar-refractivity contribution in [2.75, 3.05) is 0 Å². The Bertz CT molecular complexity index is 837. The second kappa shape index (κ2) is 4.25. The quantitative estimate of drug-likeness (QED) is 0.661. The van der Waals surface area contributed by atoms with Crippen LogP contribution >= 0.6 is 0 Å². The maximum atomic E-state index is 11.7. The van der Waals surface area contributed by atoms with Gasteiger partial charge in [-0.3, -0.25) is 9.36 Å². The van der Waals surface area contributed by atoms with Gasteiger partial charge >= 0.3 is 0 Å². The van der Waals surface area contributed by atoms with Crippen LogP contribution < -0.4 is 0 Å². The van der Waals surface area contributed by atoms with Crippen LogP contribution in [-0.2, 0) is 6.42 Å².